The Morgan fingerprint density at radius 2 is 1.74 bits per heavy atom. The molecule has 3 aromatic rings. The van der Waals surface area contributed by atoms with Gasteiger partial charge in [-0.15, -0.1) is 0 Å². The van der Waals surface area contributed by atoms with Crippen molar-refractivity contribution in [1.82, 2.24) is 4.98 Å². The molecule has 3 rings (SSSR count). The zero-order chi connectivity index (χ0) is 13.2. The summed E-state index contributed by atoms with van der Waals surface area (Å²) in [5, 5.41) is 1.40. The van der Waals surface area contributed by atoms with Gasteiger partial charge < -0.3 is 9.54 Å². The largest absolute Gasteiger partial charge is 0.606 e. The fraction of sp³-hybridized carbons (Fsp3) is 0. The van der Waals surface area contributed by atoms with E-state index >= 15 is 0 Å². The van der Waals surface area contributed by atoms with Crippen molar-refractivity contribution >= 4 is 21.9 Å². The zero-order valence-electron chi connectivity index (χ0n) is 10.00. The number of aromatic amines is 1. The van der Waals surface area contributed by atoms with Crippen LogP contribution in [-0.4, -0.2) is 9.54 Å². The summed E-state index contributed by atoms with van der Waals surface area (Å²) < 4.78 is 12.4. The van der Waals surface area contributed by atoms with Crippen molar-refractivity contribution in [1.29, 1.82) is 0 Å². The van der Waals surface area contributed by atoms with Gasteiger partial charge in [0.15, 0.2) is 9.79 Å². The summed E-state index contributed by atoms with van der Waals surface area (Å²) in [6, 6.07) is 16.3. The minimum Gasteiger partial charge on any atom is -0.606 e. The summed E-state index contributed by atoms with van der Waals surface area (Å²) in [4.78, 5) is 15.7. The summed E-state index contributed by atoms with van der Waals surface area (Å²) in [6.07, 6.45) is 1.60. The number of pyridine rings is 1. The maximum atomic E-state index is 12.4. The number of fused-ring (bicyclic) bond motifs is 1. The van der Waals surface area contributed by atoms with Crippen LogP contribution in [-0.2, 0) is 11.2 Å². The molecule has 0 fully saturated rings. The van der Waals surface area contributed by atoms with Crippen molar-refractivity contribution in [2.45, 2.75) is 9.79 Å². The second-order valence-corrected chi connectivity index (χ2v) is 5.62. The number of benzene rings is 2. The van der Waals surface area contributed by atoms with E-state index < -0.39 is 11.2 Å². The van der Waals surface area contributed by atoms with Crippen LogP contribution in [0.1, 0.15) is 0 Å². The molecule has 1 unspecified atom stereocenters. The number of rotatable bonds is 2. The summed E-state index contributed by atoms with van der Waals surface area (Å²) in [6.45, 7) is 0. The highest BCUT2D eigenvalue weighted by molar-refractivity contribution is 7.91. The fourth-order valence-corrected chi connectivity index (χ4v) is 3.07. The lowest BCUT2D eigenvalue weighted by Crippen LogP contribution is -2.06. The lowest BCUT2D eigenvalue weighted by atomic mass is 10.2. The molecule has 0 aliphatic carbocycles. The van der Waals surface area contributed by atoms with Crippen molar-refractivity contribution in [2.75, 3.05) is 0 Å². The second kappa shape index (κ2) is 4.91. The zero-order valence-corrected chi connectivity index (χ0v) is 10.8. The normalized spacial score (nSPS) is 12.5. The fourth-order valence-electron chi connectivity index (χ4n) is 1.97. The molecule has 0 aliphatic heterocycles. The Bertz CT molecular complexity index is 768. The Hall–Kier alpha value is -2.04. The molecule has 1 N–H and O–H groups in total. The highest BCUT2D eigenvalue weighted by Crippen LogP contribution is 2.23. The number of aromatic nitrogens is 1. The number of nitrogens with one attached hydrogen (secondary N) is 1. The maximum Gasteiger partial charge on any atom is 0.255 e. The molecule has 3 nitrogen and oxygen atoms in total. The Balaban J connectivity index is 2.09. The first-order chi connectivity index (χ1) is 9.25. The second-order valence-electron chi connectivity index (χ2n) is 4.14. The van der Waals surface area contributed by atoms with Gasteiger partial charge >= 0.3 is 0 Å². The van der Waals surface area contributed by atoms with E-state index in [1.807, 2.05) is 36.4 Å². The highest BCUT2D eigenvalue weighted by Gasteiger charge is 2.14. The van der Waals surface area contributed by atoms with Gasteiger partial charge in [-0.3, -0.25) is 4.79 Å². The summed E-state index contributed by atoms with van der Waals surface area (Å²) in [5.41, 5.74) is -0.130. The summed E-state index contributed by atoms with van der Waals surface area (Å²) in [5.74, 6) is 0. The van der Waals surface area contributed by atoms with Crippen molar-refractivity contribution in [3.05, 3.63) is 71.1 Å². The molecule has 0 radical (unpaired) electrons. The highest BCUT2D eigenvalue weighted by atomic mass is 32.2. The smallest absolute Gasteiger partial charge is 0.255 e. The van der Waals surface area contributed by atoms with Gasteiger partial charge in [0.05, 0.1) is 0 Å². The lowest BCUT2D eigenvalue weighted by Gasteiger charge is -2.10. The first-order valence-electron chi connectivity index (χ1n) is 5.84. The van der Waals surface area contributed by atoms with E-state index in [4.69, 9.17) is 0 Å². The topological polar surface area (TPSA) is 55.9 Å². The van der Waals surface area contributed by atoms with E-state index in [1.54, 1.807) is 24.4 Å². The Kier molecular flexibility index (Phi) is 3.11. The van der Waals surface area contributed by atoms with E-state index in [0.717, 1.165) is 10.3 Å². The van der Waals surface area contributed by atoms with Crippen molar-refractivity contribution in [3.8, 4) is 0 Å². The van der Waals surface area contributed by atoms with Crippen LogP contribution < -0.4 is 5.56 Å². The third-order valence-corrected chi connectivity index (χ3v) is 4.30. The molecule has 0 saturated carbocycles. The molecule has 0 spiro atoms. The average Bonchev–Trinajstić information content (AvgIpc) is 2.47. The van der Waals surface area contributed by atoms with Gasteiger partial charge in [0, 0.05) is 28.8 Å². The molecule has 0 saturated heterocycles. The van der Waals surface area contributed by atoms with Crippen LogP contribution in [0.3, 0.4) is 0 Å². The lowest BCUT2D eigenvalue weighted by molar-refractivity contribution is 0.595. The Morgan fingerprint density at radius 1 is 0.947 bits per heavy atom. The molecule has 0 bridgehead atoms. The molecule has 0 amide bonds. The van der Waals surface area contributed by atoms with Crippen LogP contribution in [0.2, 0.25) is 0 Å². The monoisotopic (exact) mass is 269 g/mol. The molecule has 1 heterocycles. The van der Waals surface area contributed by atoms with E-state index in [2.05, 4.69) is 4.98 Å². The summed E-state index contributed by atoms with van der Waals surface area (Å²) >= 11 is -1.22. The third kappa shape index (κ3) is 2.28. The predicted octanol–water partition coefficient (Wildman–Crippen LogP) is 2.69. The van der Waals surface area contributed by atoms with E-state index in [0.29, 0.717) is 10.3 Å². The van der Waals surface area contributed by atoms with Gasteiger partial charge in [-0.2, -0.15) is 0 Å². The number of H-pyrrole nitrogens is 1. The minimum atomic E-state index is -1.22. The Labute approximate surface area is 113 Å². The minimum absolute atomic E-state index is 0.130. The first-order valence-corrected chi connectivity index (χ1v) is 6.99. The number of hydrogen-bond donors (Lipinski definition) is 1. The SMILES string of the molecule is O=c1[nH]ccc2cc([S+]([O-])c3ccccc3)ccc12. The quantitative estimate of drug-likeness (QED) is 0.727. The van der Waals surface area contributed by atoms with Gasteiger partial charge in [0.1, 0.15) is 0 Å². The van der Waals surface area contributed by atoms with E-state index in [1.165, 1.54) is 0 Å². The molecule has 94 valence electrons. The molecule has 0 aliphatic rings. The molecule has 2 aromatic carbocycles. The van der Waals surface area contributed by atoms with Gasteiger partial charge in [-0.1, -0.05) is 18.2 Å². The molecular weight excluding hydrogens is 258 g/mol. The van der Waals surface area contributed by atoms with Gasteiger partial charge in [0.2, 0.25) is 0 Å². The van der Waals surface area contributed by atoms with E-state index in [-0.39, 0.29) is 5.56 Å². The first kappa shape index (κ1) is 12.0. The summed E-state index contributed by atoms with van der Waals surface area (Å²) in [7, 11) is 0. The van der Waals surface area contributed by atoms with Gasteiger partial charge in [-0.05, 0) is 35.7 Å². The molecule has 19 heavy (non-hydrogen) atoms. The van der Waals surface area contributed by atoms with Crippen LogP contribution in [0, 0.1) is 0 Å². The Morgan fingerprint density at radius 3 is 2.53 bits per heavy atom. The van der Waals surface area contributed by atoms with Crippen LogP contribution in [0.4, 0.5) is 0 Å². The number of hydrogen-bond acceptors (Lipinski definition) is 2. The molecule has 1 aromatic heterocycles. The van der Waals surface area contributed by atoms with Crippen molar-refractivity contribution < 1.29 is 4.55 Å². The average molecular weight is 269 g/mol. The van der Waals surface area contributed by atoms with Crippen molar-refractivity contribution in [2.24, 2.45) is 0 Å². The van der Waals surface area contributed by atoms with Crippen LogP contribution in [0.25, 0.3) is 10.8 Å². The molecule has 4 heteroatoms. The molecule has 1 atom stereocenters. The molecular formula is C15H11NO2S. The van der Waals surface area contributed by atoms with Gasteiger partial charge in [0.25, 0.3) is 5.56 Å². The van der Waals surface area contributed by atoms with Crippen LogP contribution in [0.15, 0.2) is 75.4 Å². The van der Waals surface area contributed by atoms with Gasteiger partial charge in [-0.25, -0.2) is 0 Å². The predicted molar refractivity (Wildman–Crippen MR) is 75.7 cm³/mol. The van der Waals surface area contributed by atoms with Crippen molar-refractivity contribution in [3.63, 3.8) is 0 Å². The van der Waals surface area contributed by atoms with E-state index in [9.17, 15) is 9.35 Å². The standard InChI is InChI=1S/C15H11NO2S/c17-15-14-7-6-13(10-11(14)8-9-16-15)19(18)12-4-2-1-3-5-12/h1-10H,(H,16,17). The maximum absolute atomic E-state index is 12.4. The third-order valence-electron chi connectivity index (χ3n) is 2.92. The van der Waals surface area contributed by atoms with Crippen LogP contribution >= 0.6 is 0 Å². The van der Waals surface area contributed by atoms with Crippen LogP contribution in [0.5, 0.6) is 0 Å².